The predicted molar refractivity (Wildman–Crippen MR) is 121 cm³/mol. The molecule has 0 radical (unpaired) electrons. The molecule has 0 saturated carbocycles. The molecule has 1 N–H and O–H groups in total. The monoisotopic (exact) mass is 459 g/mol. The number of nitrogens with one attached hydrogen (secondary N) is 1. The van der Waals surface area contributed by atoms with Crippen molar-refractivity contribution in [3.63, 3.8) is 0 Å². The van der Waals surface area contributed by atoms with E-state index in [-0.39, 0.29) is 24.2 Å². The van der Waals surface area contributed by atoms with Crippen LogP contribution in [0.15, 0.2) is 48.5 Å². The standard InChI is InChI=1S/C23H29N3O5S/c1-18(20-7-8-21-22(15-20)31-14-13-30-21)24-23(27)16-25-9-11-26(12-10-25)32(28,29)17-19-5-3-2-4-6-19/h2-8,15,18H,9-14,16-17H2,1H3,(H,24,27). The molecule has 0 aromatic heterocycles. The third kappa shape index (κ3) is 5.59. The van der Waals surface area contributed by atoms with Crippen LogP contribution in [0.5, 0.6) is 11.5 Å². The van der Waals surface area contributed by atoms with Crippen molar-refractivity contribution in [2.24, 2.45) is 0 Å². The van der Waals surface area contributed by atoms with E-state index in [9.17, 15) is 13.2 Å². The third-order valence-corrected chi connectivity index (χ3v) is 7.58. The molecule has 1 saturated heterocycles. The van der Waals surface area contributed by atoms with Gasteiger partial charge in [0.2, 0.25) is 15.9 Å². The smallest absolute Gasteiger partial charge is 0.234 e. The molecule has 1 atom stereocenters. The molecule has 32 heavy (non-hydrogen) atoms. The largest absolute Gasteiger partial charge is 0.486 e. The van der Waals surface area contributed by atoms with E-state index < -0.39 is 10.0 Å². The van der Waals surface area contributed by atoms with Crippen LogP contribution in [-0.4, -0.2) is 69.5 Å². The lowest BCUT2D eigenvalue weighted by Gasteiger charge is -2.33. The first-order valence-electron chi connectivity index (χ1n) is 10.8. The van der Waals surface area contributed by atoms with Gasteiger partial charge < -0.3 is 14.8 Å². The Morgan fingerprint density at radius 3 is 2.41 bits per heavy atom. The van der Waals surface area contributed by atoms with Gasteiger partial charge in [0.15, 0.2) is 11.5 Å². The molecule has 0 aliphatic carbocycles. The first-order chi connectivity index (χ1) is 15.4. The van der Waals surface area contributed by atoms with Gasteiger partial charge in [-0.3, -0.25) is 9.69 Å². The number of benzene rings is 2. The van der Waals surface area contributed by atoms with Crippen LogP contribution >= 0.6 is 0 Å². The summed E-state index contributed by atoms with van der Waals surface area (Å²) in [5, 5.41) is 3.02. The van der Waals surface area contributed by atoms with Crippen molar-refractivity contribution in [2.75, 3.05) is 45.9 Å². The van der Waals surface area contributed by atoms with Gasteiger partial charge in [0.25, 0.3) is 0 Å². The van der Waals surface area contributed by atoms with Crippen LogP contribution in [0.25, 0.3) is 0 Å². The molecule has 2 aromatic carbocycles. The van der Waals surface area contributed by atoms with Gasteiger partial charge in [0.05, 0.1) is 18.3 Å². The average Bonchev–Trinajstić information content (AvgIpc) is 2.79. The molecule has 9 heteroatoms. The first-order valence-corrected chi connectivity index (χ1v) is 12.4. The van der Waals surface area contributed by atoms with Crippen LogP contribution in [0, 0.1) is 0 Å². The van der Waals surface area contributed by atoms with E-state index in [1.807, 2.05) is 60.4 Å². The summed E-state index contributed by atoms with van der Waals surface area (Å²) in [6, 6.07) is 14.7. The van der Waals surface area contributed by atoms with Crippen molar-refractivity contribution in [1.29, 1.82) is 0 Å². The molecular weight excluding hydrogens is 430 g/mol. The Hall–Kier alpha value is -2.62. The number of hydrogen-bond donors (Lipinski definition) is 1. The third-order valence-electron chi connectivity index (χ3n) is 5.73. The van der Waals surface area contributed by atoms with Crippen molar-refractivity contribution >= 4 is 15.9 Å². The van der Waals surface area contributed by atoms with Crippen LogP contribution in [0.4, 0.5) is 0 Å². The minimum Gasteiger partial charge on any atom is -0.486 e. The van der Waals surface area contributed by atoms with Crippen molar-refractivity contribution < 1.29 is 22.7 Å². The summed E-state index contributed by atoms with van der Waals surface area (Å²) in [7, 11) is -3.37. The van der Waals surface area contributed by atoms with Crippen LogP contribution in [0.2, 0.25) is 0 Å². The molecule has 1 unspecified atom stereocenters. The molecule has 172 valence electrons. The molecule has 2 aromatic rings. The van der Waals surface area contributed by atoms with Gasteiger partial charge in [-0.15, -0.1) is 0 Å². The van der Waals surface area contributed by atoms with E-state index >= 15 is 0 Å². The fourth-order valence-corrected chi connectivity index (χ4v) is 5.46. The van der Waals surface area contributed by atoms with Gasteiger partial charge in [-0.05, 0) is 30.2 Å². The SMILES string of the molecule is CC(NC(=O)CN1CCN(S(=O)(=O)Cc2ccccc2)CC1)c1ccc2c(c1)OCCO2. The Morgan fingerprint density at radius 2 is 1.69 bits per heavy atom. The van der Waals surface area contributed by atoms with Gasteiger partial charge in [-0.1, -0.05) is 36.4 Å². The second-order valence-corrected chi connectivity index (χ2v) is 10.1. The van der Waals surface area contributed by atoms with Crippen LogP contribution in [0.1, 0.15) is 24.1 Å². The van der Waals surface area contributed by atoms with Gasteiger partial charge in [0.1, 0.15) is 13.2 Å². The van der Waals surface area contributed by atoms with E-state index in [0.29, 0.717) is 45.1 Å². The summed E-state index contributed by atoms with van der Waals surface area (Å²) in [5.41, 5.74) is 1.72. The van der Waals surface area contributed by atoms with Crippen LogP contribution in [-0.2, 0) is 20.6 Å². The second-order valence-electron chi connectivity index (χ2n) is 8.11. The maximum atomic E-state index is 12.7. The van der Waals surface area contributed by atoms with Gasteiger partial charge in [-0.25, -0.2) is 8.42 Å². The topological polar surface area (TPSA) is 88.2 Å². The van der Waals surface area contributed by atoms with E-state index in [1.54, 1.807) is 0 Å². The second kappa shape index (κ2) is 9.89. The quantitative estimate of drug-likeness (QED) is 0.679. The summed E-state index contributed by atoms with van der Waals surface area (Å²) in [6.45, 7) is 5.06. The molecule has 2 aliphatic heterocycles. The number of carbonyl (C=O) groups is 1. The summed E-state index contributed by atoms with van der Waals surface area (Å²) < 4.78 is 38.1. The fraction of sp³-hybridized carbons (Fsp3) is 0.435. The lowest BCUT2D eigenvalue weighted by molar-refractivity contribution is -0.123. The molecule has 2 heterocycles. The molecule has 8 nitrogen and oxygen atoms in total. The number of rotatable bonds is 7. The van der Waals surface area contributed by atoms with Crippen molar-refractivity contribution in [3.05, 3.63) is 59.7 Å². The van der Waals surface area contributed by atoms with Crippen LogP contribution in [0.3, 0.4) is 0 Å². The van der Waals surface area contributed by atoms with E-state index in [1.165, 1.54) is 4.31 Å². The van der Waals surface area contributed by atoms with E-state index in [0.717, 1.165) is 16.9 Å². The summed E-state index contributed by atoms with van der Waals surface area (Å²) >= 11 is 0. The molecule has 2 aliphatic rings. The van der Waals surface area contributed by atoms with Crippen molar-refractivity contribution in [1.82, 2.24) is 14.5 Å². The Morgan fingerprint density at radius 1 is 1.00 bits per heavy atom. The molecule has 1 amide bonds. The number of piperazine rings is 1. The van der Waals surface area contributed by atoms with Crippen molar-refractivity contribution in [3.8, 4) is 11.5 Å². The molecular formula is C23H29N3O5S. The number of carbonyl (C=O) groups excluding carboxylic acids is 1. The Labute approximate surface area is 189 Å². The van der Waals surface area contributed by atoms with Gasteiger partial charge in [0, 0.05) is 26.2 Å². The highest BCUT2D eigenvalue weighted by Crippen LogP contribution is 2.32. The van der Waals surface area contributed by atoms with Gasteiger partial charge >= 0.3 is 0 Å². The van der Waals surface area contributed by atoms with E-state index in [2.05, 4.69) is 5.32 Å². The normalized spacial score (nSPS) is 18.2. The highest BCUT2D eigenvalue weighted by molar-refractivity contribution is 7.88. The Bertz CT molecular complexity index is 1040. The van der Waals surface area contributed by atoms with Crippen molar-refractivity contribution in [2.45, 2.75) is 18.7 Å². The Kier molecular flexibility index (Phi) is 6.98. The minimum atomic E-state index is -3.37. The lowest BCUT2D eigenvalue weighted by atomic mass is 10.1. The maximum absolute atomic E-state index is 12.7. The zero-order valence-corrected chi connectivity index (χ0v) is 19.0. The maximum Gasteiger partial charge on any atom is 0.234 e. The summed E-state index contributed by atoms with van der Waals surface area (Å²) in [6.07, 6.45) is 0. The molecule has 0 bridgehead atoms. The number of sulfonamides is 1. The zero-order chi connectivity index (χ0) is 22.6. The fourth-order valence-electron chi connectivity index (χ4n) is 3.94. The van der Waals surface area contributed by atoms with E-state index in [4.69, 9.17) is 9.47 Å². The number of amides is 1. The number of ether oxygens (including phenoxy) is 2. The minimum absolute atomic E-state index is 0.00136. The number of nitrogens with zero attached hydrogens (tertiary/aromatic N) is 2. The highest BCUT2D eigenvalue weighted by atomic mass is 32.2. The summed E-state index contributed by atoms with van der Waals surface area (Å²) in [5.74, 6) is 1.33. The lowest BCUT2D eigenvalue weighted by Crippen LogP contribution is -2.51. The average molecular weight is 460 g/mol. The highest BCUT2D eigenvalue weighted by Gasteiger charge is 2.28. The van der Waals surface area contributed by atoms with Gasteiger partial charge in [-0.2, -0.15) is 4.31 Å². The Balaban J connectivity index is 1.25. The number of fused-ring (bicyclic) bond motifs is 1. The molecule has 4 rings (SSSR count). The predicted octanol–water partition coefficient (Wildman–Crippen LogP) is 1.78. The van der Waals surface area contributed by atoms with Crippen LogP contribution < -0.4 is 14.8 Å². The number of hydrogen-bond acceptors (Lipinski definition) is 6. The first kappa shape index (κ1) is 22.6. The molecule has 0 spiro atoms. The summed E-state index contributed by atoms with van der Waals surface area (Å²) in [4.78, 5) is 14.5. The zero-order valence-electron chi connectivity index (χ0n) is 18.2. The molecule has 1 fully saturated rings.